The summed E-state index contributed by atoms with van der Waals surface area (Å²) in [6.45, 7) is 0. The molecule has 0 unspecified atom stereocenters. The number of hydrogen-bond acceptors (Lipinski definition) is 4. The summed E-state index contributed by atoms with van der Waals surface area (Å²) in [5, 5.41) is 8.46. The lowest BCUT2D eigenvalue weighted by atomic mass is 10.2. The van der Waals surface area contributed by atoms with E-state index in [1.54, 1.807) is 6.07 Å². The lowest BCUT2D eigenvalue weighted by molar-refractivity contribution is 0.420. The van der Waals surface area contributed by atoms with Gasteiger partial charge in [0.1, 0.15) is 5.82 Å². The Labute approximate surface area is 140 Å². The minimum Gasteiger partial charge on any atom is -0.416 e. The Morgan fingerprint density at radius 1 is 1.09 bits per heavy atom. The molecule has 0 fully saturated rings. The molecule has 1 heterocycles. The molecule has 0 aliphatic heterocycles. The molecule has 0 aliphatic carbocycles. The summed E-state index contributed by atoms with van der Waals surface area (Å²) in [7, 11) is 0. The highest BCUT2D eigenvalue weighted by Crippen LogP contribution is 2.25. The summed E-state index contributed by atoms with van der Waals surface area (Å²) in [4.78, 5) is 0. The molecule has 0 aliphatic rings. The molecule has 3 nitrogen and oxygen atoms in total. The number of benzene rings is 2. The van der Waals surface area contributed by atoms with Gasteiger partial charge in [-0.2, -0.15) is 0 Å². The van der Waals surface area contributed by atoms with Crippen molar-refractivity contribution in [3.63, 3.8) is 0 Å². The molecule has 2 aromatic carbocycles. The van der Waals surface area contributed by atoms with Crippen molar-refractivity contribution in [3.05, 3.63) is 75.8 Å². The Hall–Kier alpha value is -1.66. The fourth-order valence-electron chi connectivity index (χ4n) is 1.92. The van der Waals surface area contributed by atoms with Crippen LogP contribution in [0.1, 0.15) is 17.0 Å². The van der Waals surface area contributed by atoms with Gasteiger partial charge < -0.3 is 4.42 Å². The van der Waals surface area contributed by atoms with Crippen LogP contribution in [-0.4, -0.2) is 10.2 Å². The van der Waals surface area contributed by atoms with Crippen molar-refractivity contribution in [1.82, 2.24) is 10.2 Å². The Morgan fingerprint density at radius 2 is 1.91 bits per heavy atom. The number of thioether (sulfide) groups is 1. The molecule has 0 atom stereocenters. The standard InChI is InChI=1S/C16H12BrFN2OS/c17-13-7-6-12(14(18)9-13)10-22-16-20-19-15(21-16)8-11-4-2-1-3-5-11/h1-7,9H,8,10H2. The van der Waals surface area contributed by atoms with Crippen LogP contribution in [0.15, 0.2) is 62.6 Å². The zero-order valence-electron chi connectivity index (χ0n) is 11.5. The Bertz CT molecular complexity index is 764. The van der Waals surface area contributed by atoms with E-state index in [4.69, 9.17) is 4.42 Å². The van der Waals surface area contributed by atoms with Gasteiger partial charge in [0.05, 0.1) is 6.42 Å². The van der Waals surface area contributed by atoms with Crippen molar-refractivity contribution in [2.75, 3.05) is 0 Å². The third kappa shape index (κ3) is 3.96. The minimum atomic E-state index is -0.245. The second-order valence-electron chi connectivity index (χ2n) is 4.65. The summed E-state index contributed by atoms with van der Waals surface area (Å²) in [5.41, 5.74) is 1.72. The van der Waals surface area contributed by atoms with Gasteiger partial charge in [-0.1, -0.05) is 64.1 Å². The Kier molecular flexibility index (Phi) is 4.90. The molecular formula is C16H12BrFN2OS. The van der Waals surface area contributed by atoms with Gasteiger partial charge in [-0.05, 0) is 23.3 Å². The summed E-state index contributed by atoms with van der Waals surface area (Å²) in [6.07, 6.45) is 0.598. The first-order valence-electron chi connectivity index (χ1n) is 6.64. The fourth-order valence-corrected chi connectivity index (χ4v) is 3.02. The van der Waals surface area contributed by atoms with E-state index < -0.39 is 0 Å². The predicted octanol–water partition coefficient (Wildman–Crippen LogP) is 4.85. The molecule has 1 aromatic heterocycles. The maximum absolute atomic E-state index is 13.7. The highest BCUT2D eigenvalue weighted by Gasteiger charge is 2.10. The van der Waals surface area contributed by atoms with Gasteiger partial charge in [-0.3, -0.25) is 0 Å². The molecule has 22 heavy (non-hydrogen) atoms. The average Bonchev–Trinajstić information content (AvgIpc) is 2.95. The summed E-state index contributed by atoms with van der Waals surface area (Å²) in [5.74, 6) is 0.766. The lowest BCUT2D eigenvalue weighted by Crippen LogP contribution is -1.87. The normalized spacial score (nSPS) is 10.8. The quantitative estimate of drug-likeness (QED) is 0.594. The monoisotopic (exact) mass is 378 g/mol. The van der Waals surface area contributed by atoms with E-state index in [1.165, 1.54) is 17.8 Å². The van der Waals surface area contributed by atoms with Crippen LogP contribution in [0, 0.1) is 5.82 Å². The SMILES string of the molecule is Fc1cc(Br)ccc1CSc1nnc(Cc2ccccc2)o1. The van der Waals surface area contributed by atoms with E-state index in [9.17, 15) is 4.39 Å². The van der Waals surface area contributed by atoms with Crippen LogP contribution in [0.5, 0.6) is 0 Å². The largest absolute Gasteiger partial charge is 0.416 e. The maximum Gasteiger partial charge on any atom is 0.276 e. The topological polar surface area (TPSA) is 38.9 Å². The van der Waals surface area contributed by atoms with Crippen molar-refractivity contribution >= 4 is 27.7 Å². The summed E-state index contributed by atoms with van der Waals surface area (Å²) in [6, 6.07) is 14.9. The fraction of sp³-hybridized carbons (Fsp3) is 0.125. The molecule has 0 saturated carbocycles. The van der Waals surface area contributed by atoms with Crippen LogP contribution in [0.25, 0.3) is 0 Å². The Morgan fingerprint density at radius 3 is 2.68 bits per heavy atom. The van der Waals surface area contributed by atoms with Crippen molar-refractivity contribution in [2.24, 2.45) is 0 Å². The van der Waals surface area contributed by atoms with Crippen molar-refractivity contribution in [1.29, 1.82) is 0 Å². The van der Waals surface area contributed by atoms with Gasteiger partial charge in [0.15, 0.2) is 0 Å². The first kappa shape index (κ1) is 15.2. The molecule has 0 spiro atoms. The third-order valence-corrected chi connectivity index (χ3v) is 4.37. The van der Waals surface area contributed by atoms with Gasteiger partial charge in [0.25, 0.3) is 5.22 Å². The second-order valence-corrected chi connectivity index (χ2v) is 6.49. The van der Waals surface area contributed by atoms with E-state index in [-0.39, 0.29) is 5.82 Å². The molecule has 112 valence electrons. The number of rotatable bonds is 5. The van der Waals surface area contributed by atoms with Gasteiger partial charge >= 0.3 is 0 Å². The van der Waals surface area contributed by atoms with Crippen LogP contribution < -0.4 is 0 Å². The van der Waals surface area contributed by atoms with Crippen molar-refractivity contribution in [3.8, 4) is 0 Å². The van der Waals surface area contributed by atoms with Gasteiger partial charge in [-0.25, -0.2) is 4.39 Å². The molecule has 3 aromatic rings. The predicted molar refractivity (Wildman–Crippen MR) is 87.2 cm³/mol. The summed E-state index contributed by atoms with van der Waals surface area (Å²) < 4.78 is 20.0. The zero-order chi connectivity index (χ0) is 15.4. The second kappa shape index (κ2) is 7.07. The molecule has 6 heteroatoms. The first-order valence-corrected chi connectivity index (χ1v) is 8.41. The number of aromatic nitrogens is 2. The molecular weight excluding hydrogens is 367 g/mol. The van der Waals surface area contributed by atoms with E-state index in [0.717, 1.165) is 10.0 Å². The molecule has 0 amide bonds. The molecule has 0 bridgehead atoms. The average molecular weight is 379 g/mol. The van der Waals surface area contributed by atoms with Gasteiger partial charge in [-0.15, -0.1) is 10.2 Å². The van der Waals surface area contributed by atoms with Crippen LogP contribution in [0.4, 0.5) is 4.39 Å². The summed E-state index contributed by atoms with van der Waals surface area (Å²) >= 11 is 4.57. The Balaban J connectivity index is 1.62. The van der Waals surface area contributed by atoms with E-state index in [2.05, 4.69) is 26.1 Å². The number of hydrogen-bond donors (Lipinski definition) is 0. The molecule has 0 radical (unpaired) electrons. The highest BCUT2D eigenvalue weighted by molar-refractivity contribution is 9.10. The number of nitrogens with zero attached hydrogens (tertiary/aromatic N) is 2. The van der Waals surface area contributed by atoms with Crippen LogP contribution in [0.3, 0.4) is 0 Å². The highest BCUT2D eigenvalue weighted by atomic mass is 79.9. The third-order valence-electron chi connectivity index (χ3n) is 3.01. The van der Waals surface area contributed by atoms with Crippen LogP contribution in [0.2, 0.25) is 0 Å². The van der Waals surface area contributed by atoms with Gasteiger partial charge in [0, 0.05) is 10.2 Å². The van der Waals surface area contributed by atoms with Crippen molar-refractivity contribution < 1.29 is 8.81 Å². The van der Waals surface area contributed by atoms with Crippen LogP contribution >= 0.6 is 27.7 Å². The molecule has 0 N–H and O–H groups in total. The maximum atomic E-state index is 13.7. The van der Waals surface area contributed by atoms with Gasteiger partial charge in [0.2, 0.25) is 5.89 Å². The number of halogens is 2. The van der Waals surface area contributed by atoms with E-state index in [0.29, 0.717) is 28.9 Å². The lowest BCUT2D eigenvalue weighted by Gasteiger charge is -2.01. The smallest absolute Gasteiger partial charge is 0.276 e. The van der Waals surface area contributed by atoms with Crippen molar-refractivity contribution in [2.45, 2.75) is 17.4 Å². The molecule has 0 saturated heterocycles. The molecule has 3 rings (SSSR count). The minimum absolute atomic E-state index is 0.245. The van der Waals surface area contributed by atoms with E-state index >= 15 is 0 Å². The van der Waals surface area contributed by atoms with Crippen LogP contribution in [-0.2, 0) is 12.2 Å². The zero-order valence-corrected chi connectivity index (χ0v) is 13.9. The van der Waals surface area contributed by atoms with E-state index in [1.807, 2.05) is 36.4 Å². The first-order chi connectivity index (χ1) is 10.7.